The number of rotatable bonds is 5. The van der Waals surface area contributed by atoms with Crippen LogP contribution in [-0.4, -0.2) is 60.2 Å². The van der Waals surface area contributed by atoms with Gasteiger partial charge in [-0.3, -0.25) is 5.10 Å². The maximum absolute atomic E-state index is 12.2. The van der Waals surface area contributed by atoms with Crippen molar-refractivity contribution in [2.45, 2.75) is 30.3 Å². The molecule has 0 aromatic carbocycles. The zero-order valence-electron chi connectivity index (χ0n) is 11.4. The number of carbonyl (C=O) groups is 1. The molecule has 4 N–H and O–H groups in total. The second-order valence-corrected chi connectivity index (χ2v) is 6.70. The van der Waals surface area contributed by atoms with Crippen molar-refractivity contribution < 1.29 is 28.2 Å². The zero-order valence-corrected chi connectivity index (χ0v) is 12.2. The molecule has 1 saturated heterocycles. The third-order valence-corrected chi connectivity index (χ3v) is 4.94. The lowest BCUT2D eigenvalue weighted by atomic mass is 9.95. The van der Waals surface area contributed by atoms with Gasteiger partial charge < -0.3 is 14.9 Å². The first kappa shape index (κ1) is 15.9. The molecule has 1 aliphatic heterocycles. The zero-order chi connectivity index (χ0) is 15.7. The number of hydrogen-bond donors (Lipinski definition) is 4. The van der Waals surface area contributed by atoms with Crippen LogP contribution in [0.5, 0.6) is 0 Å². The molecule has 1 fully saturated rings. The minimum atomic E-state index is -4.09. The summed E-state index contributed by atoms with van der Waals surface area (Å²) in [4.78, 5) is 10.6. The van der Waals surface area contributed by atoms with Crippen LogP contribution in [0.2, 0.25) is 0 Å². The fourth-order valence-corrected chi connectivity index (χ4v) is 3.56. The summed E-state index contributed by atoms with van der Waals surface area (Å²) in [7, 11) is -4.09. The number of aliphatic hydroxyl groups is 1. The number of ether oxygens (including phenoxy) is 1. The number of aromatic amines is 1. The van der Waals surface area contributed by atoms with Gasteiger partial charge in [-0.2, -0.15) is 5.10 Å². The number of nitrogens with zero attached hydrogens (tertiary/aromatic N) is 1. The molecule has 0 aliphatic carbocycles. The Morgan fingerprint density at radius 3 is 2.67 bits per heavy atom. The molecule has 0 atom stereocenters. The summed E-state index contributed by atoms with van der Waals surface area (Å²) in [6.45, 7) is 1.91. The highest BCUT2D eigenvalue weighted by Gasteiger charge is 2.34. The monoisotopic (exact) mass is 319 g/mol. The molecule has 0 saturated carbocycles. The Balaban J connectivity index is 2.19. The Morgan fingerprint density at radius 2 is 2.10 bits per heavy atom. The standard InChI is InChI=1S/C11H17N3O6S/c1-7-9(8(10(15)16)14-13-7)21(18,19)12-6-11(17)2-4-20-5-3-11/h12,17H,2-6H2,1H3,(H,13,14)(H,15,16). The van der Waals surface area contributed by atoms with E-state index >= 15 is 0 Å². The minimum Gasteiger partial charge on any atom is -0.476 e. The van der Waals surface area contributed by atoms with E-state index in [1.165, 1.54) is 6.92 Å². The molecular weight excluding hydrogens is 302 g/mol. The molecule has 10 heteroatoms. The minimum absolute atomic E-state index is 0.124. The summed E-state index contributed by atoms with van der Waals surface area (Å²) < 4.78 is 31.9. The number of aromatic carboxylic acids is 1. The summed E-state index contributed by atoms with van der Waals surface area (Å²) in [6, 6.07) is 0. The maximum Gasteiger partial charge on any atom is 0.357 e. The van der Waals surface area contributed by atoms with Gasteiger partial charge in [0.1, 0.15) is 4.90 Å². The number of sulfonamides is 1. The van der Waals surface area contributed by atoms with Gasteiger partial charge in [0.05, 0.1) is 11.3 Å². The SMILES string of the molecule is Cc1[nH]nc(C(=O)O)c1S(=O)(=O)NCC1(O)CCOCC1. The maximum atomic E-state index is 12.2. The van der Waals surface area contributed by atoms with Crippen LogP contribution in [0.3, 0.4) is 0 Å². The average Bonchev–Trinajstić information content (AvgIpc) is 2.81. The molecule has 0 amide bonds. The van der Waals surface area contributed by atoms with E-state index in [0.29, 0.717) is 26.1 Å². The van der Waals surface area contributed by atoms with E-state index in [-0.39, 0.29) is 12.2 Å². The van der Waals surface area contributed by atoms with Crippen LogP contribution >= 0.6 is 0 Å². The van der Waals surface area contributed by atoms with Crippen molar-refractivity contribution >= 4 is 16.0 Å². The van der Waals surface area contributed by atoms with Crippen molar-refractivity contribution in [2.24, 2.45) is 0 Å². The summed E-state index contributed by atoms with van der Waals surface area (Å²) in [5.74, 6) is -1.44. The van der Waals surface area contributed by atoms with Crippen LogP contribution in [0.25, 0.3) is 0 Å². The lowest BCUT2D eigenvalue weighted by molar-refractivity contribution is -0.0588. The van der Waals surface area contributed by atoms with Gasteiger partial charge in [0.25, 0.3) is 0 Å². The number of hydrogen-bond acceptors (Lipinski definition) is 6. The number of carboxylic acid groups (broad SMARTS) is 1. The molecule has 1 aromatic heterocycles. The van der Waals surface area contributed by atoms with E-state index in [1.54, 1.807) is 0 Å². The predicted octanol–water partition coefficient (Wildman–Crippen LogP) is -0.764. The number of aromatic nitrogens is 2. The molecule has 2 rings (SSSR count). The van der Waals surface area contributed by atoms with E-state index in [2.05, 4.69) is 14.9 Å². The normalized spacial score (nSPS) is 18.6. The first-order valence-corrected chi connectivity index (χ1v) is 7.81. The highest BCUT2D eigenvalue weighted by Crippen LogP contribution is 2.22. The average molecular weight is 319 g/mol. The fourth-order valence-electron chi connectivity index (χ4n) is 2.12. The highest BCUT2D eigenvalue weighted by molar-refractivity contribution is 7.89. The fraction of sp³-hybridized carbons (Fsp3) is 0.636. The molecule has 21 heavy (non-hydrogen) atoms. The molecule has 1 aliphatic rings. The third kappa shape index (κ3) is 3.40. The second-order valence-electron chi connectivity index (χ2n) is 4.99. The van der Waals surface area contributed by atoms with Gasteiger partial charge in [0, 0.05) is 32.6 Å². The molecule has 0 unspecified atom stereocenters. The predicted molar refractivity (Wildman–Crippen MR) is 70.5 cm³/mol. The summed E-state index contributed by atoms with van der Waals surface area (Å²) in [5.41, 5.74) is -1.63. The van der Waals surface area contributed by atoms with Crippen LogP contribution in [-0.2, 0) is 14.8 Å². The van der Waals surface area contributed by atoms with Crippen molar-refractivity contribution in [1.82, 2.24) is 14.9 Å². The Labute approximate surface area is 121 Å². The largest absolute Gasteiger partial charge is 0.476 e. The summed E-state index contributed by atoms with van der Waals surface area (Å²) >= 11 is 0. The van der Waals surface area contributed by atoms with Gasteiger partial charge in [-0.05, 0) is 6.92 Å². The highest BCUT2D eigenvalue weighted by atomic mass is 32.2. The van der Waals surface area contributed by atoms with Gasteiger partial charge in [0.2, 0.25) is 10.0 Å². The van der Waals surface area contributed by atoms with Crippen LogP contribution in [0, 0.1) is 6.92 Å². The number of aryl methyl sites for hydroxylation is 1. The topological polar surface area (TPSA) is 142 Å². The molecule has 2 heterocycles. The first-order chi connectivity index (χ1) is 9.75. The number of carboxylic acids is 1. The molecule has 9 nitrogen and oxygen atoms in total. The van der Waals surface area contributed by atoms with Crippen molar-refractivity contribution in [1.29, 1.82) is 0 Å². The Hall–Kier alpha value is -1.49. The molecule has 1 aromatic rings. The smallest absolute Gasteiger partial charge is 0.357 e. The van der Waals surface area contributed by atoms with Crippen molar-refractivity contribution in [3.05, 3.63) is 11.4 Å². The second kappa shape index (κ2) is 5.72. The third-order valence-electron chi connectivity index (χ3n) is 3.38. The Kier molecular flexibility index (Phi) is 4.33. The van der Waals surface area contributed by atoms with Gasteiger partial charge in [-0.1, -0.05) is 0 Å². The van der Waals surface area contributed by atoms with Gasteiger partial charge in [-0.15, -0.1) is 0 Å². The van der Waals surface area contributed by atoms with Gasteiger partial charge in [0.15, 0.2) is 5.69 Å². The van der Waals surface area contributed by atoms with E-state index in [0.717, 1.165) is 0 Å². The lowest BCUT2D eigenvalue weighted by Crippen LogP contribution is -2.46. The van der Waals surface area contributed by atoms with E-state index in [9.17, 15) is 18.3 Å². The van der Waals surface area contributed by atoms with Gasteiger partial charge in [-0.25, -0.2) is 17.9 Å². The van der Waals surface area contributed by atoms with E-state index in [4.69, 9.17) is 9.84 Å². The summed E-state index contributed by atoms with van der Waals surface area (Å²) in [6.07, 6.45) is 0.622. The van der Waals surface area contributed by atoms with Crippen molar-refractivity contribution in [3.63, 3.8) is 0 Å². The van der Waals surface area contributed by atoms with Crippen LogP contribution < -0.4 is 4.72 Å². The Bertz CT molecular complexity index is 632. The van der Waals surface area contributed by atoms with Crippen molar-refractivity contribution in [3.8, 4) is 0 Å². The van der Waals surface area contributed by atoms with Crippen LogP contribution in [0.15, 0.2) is 4.90 Å². The molecule has 118 valence electrons. The van der Waals surface area contributed by atoms with Gasteiger partial charge >= 0.3 is 5.97 Å². The molecule has 0 spiro atoms. The number of H-pyrrole nitrogens is 1. The lowest BCUT2D eigenvalue weighted by Gasteiger charge is -2.31. The molecular formula is C11H17N3O6S. The number of nitrogens with one attached hydrogen (secondary N) is 2. The molecule has 0 radical (unpaired) electrons. The van der Waals surface area contributed by atoms with E-state index in [1.807, 2.05) is 0 Å². The first-order valence-electron chi connectivity index (χ1n) is 6.33. The molecule has 0 bridgehead atoms. The Morgan fingerprint density at radius 1 is 1.48 bits per heavy atom. The quantitative estimate of drug-likeness (QED) is 0.558. The van der Waals surface area contributed by atoms with Crippen molar-refractivity contribution in [2.75, 3.05) is 19.8 Å². The van der Waals surface area contributed by atoms with Crippen LogP contribution in [0.4, 0.5) is 0 Å². The van der Waals surface area contributed by atoms with E-state index < -0.39 is 32.2 Å². The van der Waals surface area contributed by atoms with Crippen LogP contribution in [0.1, 0.15) is 29.0 Å². The summed E-state index contributed by atoms with van der Waals surface area (Å²) in [5, 5.41) is 25.0.